The number of carbonyl (C=O) groups is 1. The Kier molecular flexibility index (Phi) is 4.71. The van der Waals surface area contributed by atoms with Crippen LogP contribution >= 0.6 is 0 Å². The van der Waals surface area contributed by atoms with Crippen molar-refractivity contribution in [2.24, 2.45) is 0 Å². The summed E-state index contributed by atoms with van der Waals surface area (Å²) < 4.78 is 16.3. The SMILES string of the molecule is COc1ccc(-c2cc(C(=O)O)on2)cc1OC1CCN(C)CC1. The van der Waals surface area contributed by atoms with Gasteiger partial charge in [-0.15, -0.1) is 0 Å². The van der Waals surface area contributed by atoms with E-state index >= 15 is 0 Å². The topological polar surface area (TPSA) is 85.0 Å². The Balaban J connectivity index is 1.83. The minimum atomic E-state index is -1.15. The average Bonchev–Trinajstić information content (AvgIpc) is 3.07. The zero-order valence-corrected chi connectivity index (χ0v) is 13.7. The maximum atomic E-state index is 10.9. The van der Waals surface area contributed by atoms with E-state index in [2.05, 4.69) is 17.1 Å². The quantitative estimate of drug-likeness (QED) is 0.900. The van der Waals surface area contributed by atoms with Crippen molar-refractivity contribution in [3.05, 3.63) is 30.0 Å². The first kappa shape index (κ1) is 16.3. The number of rotatable bonds is 5. The van der Waals surface area contributed by atoms with Gasteiger partial charge in [-0.25, -0.2) is 4.79 Å². The molecule has 0 spiro atoms. The van der Waals surface area contributed by atoms with Crippen LogP contribution in [0.5, 0.6) is 11.5 Å². The monoisotopic (exact) mass is 332 g/mol. The van der Waals surface area contributed by atoms with Crippen LogP contribution in [0.2, 0.25) is 0 Å². The lowest BCUT2D eigenvalue weighted by atomic mass is 10.1. The van der Waals surface area contributed by atoms with Gasteiger partial charge in [0.2, 0.25) is 5.76 Å². The number of aromatic nitrogens is 1. The third-order valence-corrected chi connectivity index (χ3v) is 4.14. The van der Waals surface area contributed by atoms with E-state index in [4.69, 9.17) is 19.1 Å². The van der Waals surface area contributed by atoms with Crippen molar-refractivity contribution in [1.82, 2.24) is 10.1 Å². The van der Waals surface area contributed by atoms with E-state index in [1.54, 1.807) is 25.3 Å². The molecule has 1 saturated heterocycles. The Labute approximate surface area is 139 Å². The van der Waals surface area contributed by atoms with Crippen molar-refractivity contribution in [3.8, 4) is 22.8 Å². The third-order valence-electron chi connectivity index (χ3n) is 4.14. The van der Waals surface area contributed by atoms with Crippen LogP contribution in [-0.4, -0.2) is 54.5 Å². The molecule has 1 aromatic heterocycles. The highest BCUT2D eigenvalue weighted by atomic mass is 16.5. The van der Waals surface area contributed by atoms with Gasteiger partial charge in [-0.2, -0.15) is 0 Å². The van der Waals surface area contributed by atoms with E-state index in [0.717, 1.165) is 31.5 Å². The molecule has 1 aromatic carbocycles. The number of hydrogen-bond acceptors (Lipinski definition) is 6. The normalized spacial score (nSPS) is 16.1. The van der Waals surface area contributed by atoms with Crippen LogP contribution in [0.15, 0.2) is 28.8 Å². The lowest BCUT2D eigenvalue weighted by molar-refractivity contribution is 0.0652. The van der Waals surface area contributed by atoms with Crippen molar-refractivity contribution in [3.63, 3.8) is 0 Å². The summed E-state index contributed by atoms with van der Waals surface area (Å²) in [5.41, 5.74) is 1.17. The number of methoxy groups -OCH3 is 1. The van der Waals surface area contributed by atoms with Gasteiger partial charge >= 0.3 is 5.97 Å². The van der Waals surface area contributed by atoms with Gasteiger partial charge in [0.1, 0.15) is 11.8 Å². The van der Waals surface area contributed by atoms with Gasteiger partial charge in [0.15, 0.2) is 11.5 Å². The molecule has 2 heterocycles. The molecule has 0 aliphatic carbocycles. The van der Waals surface area contributed by atoms with Crippen molar-refractivity contribution < 1.29 is 23.9 Å². The molecule has 128 valence electrons. The van der Waals surface area contributed by atoms with E-state index in [9.17, 15) is 4.79 Å². The number of carboxylic acids is 1. The molecule has 0 atom stereocenters. The molecule has 1 aliphatic rings. The molecule has 0 bridgehead atoms. The summed E-state index contributed by atoms with van der Waals surface area (Å²) in [6.45, 7) is 2.00. The first-order valence-corrected chi connectivity index (χ1v) is 7.80. The molecule has 0 saturated carbocycles. The number of nitrogens with zero attached hydrogens (tertiary/aromatic N) is 2. The first-order chi connectivity index (χ1) is 11.6. The summed E-state index contributed by atoms with van der Waals surface area (Å²) >= 11 is 0. The van der Waals surface area contributed by atoms with Crippen LogP contribution in [-0.2, 0) is 0 Å². The Morgan fingerprint density at radius 1 is 1.29 bits per heavy atom. The zero-order valence-electron chi connectivity index (χ0n) is 13.7. The predicted molar refractivity (Wildman–Crippen MR) is 86.6 cm³/mol. The summed E-state index contributed by atoms with van der Waals surface area (Å²) in [5.74, 6) is -0.0762. The minimum Gasteiger partial charge on any atom is -0.493 e. The van der Waals surface area contributed by atoms with Crippen molar-refractivity contribution in [2.75, 3.05) is 27.2 Å². The Hall–Kier alpha value is -2.54. The van der Waals surface area contributed by atoms with E-state index in [0.29, 0.717) is 17.2 Å². The maximum Gasteiger partial charge on any atom is 0.374 e. The molecule has 1 N–H and O–H groups in total. The molecule has 1 fully saturated rings. The van der Waals surface area contributed by atoms with Crippen LogP contribution in [0.25, 0.3) is 11.3 Å². The van der Waals surface area contributed by atoms with Crippen molar-refractivity contribution >= 4 is 5.97 Å². The minimum absolute atomic E-state index is 0.136. The molecule has 0 radical (unpaired) electrons. The highest BCUT2D eigenvalue weighted by Crippen LogP contribution is 2.34. The van der Waals surface area contributed by atoms with Gasteiger partial charge in [-0.05, 0) is 38.1 Å². The van der Waals surface area contributed by atoms with E-state index in [1.807, 2.05) is 0 Å². The fraction of sp³-hybridized carbons (Fsp3) is 0.412. The molecular formula is C17H20N2O5. The van der Waals surface area contributed by atoms with Crippen molar-refractivity contribution in [2.45, 2.75) is 18.9 Å². The van der Waals surface area contributed by atoms with Gasteiger partial charge in [0.25, 0.3) is 0 Å². The van der Waals surface area contributed by atoms with Crippen LogP contribution in [0.3, 0.4) is 0 Å². The molecule has 0 unspecified atom stereocenters. The van der Waals surface area contributed by atoms with Gasteiger partial charge in [-0.3, -0.25) is 0 Å². The first-order valence-electron chi connectivity index (χ1n) is 7.80. The van der Waals surface area contributed by atoms with E-state index in [-0.39, 0.29) is 11.9 Å². The van der Waals surface area contributed by atoms with Gasteiger partial charge in [0.05, 0.1) is 7.11 Å². The van der Waals surface area contributed by atoms with E-state index < -0.39 is 5.97 Å². The summed E-state index contributed by atoms with van der Waals surface area (Å²) in [4.78, 5) is 13.2. The molecule has 1 aliphatic heterocycles. The number of aromatic carboxylic acids is 1. The van der Waals surface area contributed by atoms with Gasteiger partial charge in [0, 0.05) is 24.7 Å². The lowest BCUT2D eigenvalue weighted by Crippen LogP contribution is -2.35. The van der Waals surface area contributed by atoms with Crippen LogP contribution < -0.4 is 9.47 Å². The zero-order chi connectivity index (χ0) is 17.1. The standard InChI is InChI=1S/C17H20N2O5/c1-19-7-5-12(6-8-19)23-15-9-11(3-4-14(15)22-2)13-10-16(17(20)21)24-18-13/h3-4,9-10,12H,5-8H2,1-2H3,(H,20,21). The highest BCUT2D eigenvalue weighted by Gasteiger charge is 2.20. The molecule has 2 aromatic rings. The fourth-order valence-electron chi connectivity index (χ4n) is 2.72. The largest absolute Gasteiger partial charge is 0.493 e. The number of benzene rings is 1. The lowest BCUT2D eigenvalue weighted by Gasteiger charge is -2.29. The molecule has 7 nitrogen and oxygen atoms in total. The molecule has 7 heteroatoms. The Bertz CT molecular complexity index is 720. The second-order valence-corrected chi connectivity index (χ2v) is 5.87. The second-order valence-electron chi connectivity index (χ2n) is 5.87. The van der Waals surface area contributed by atoms with Crippen LogP contribution in [0, 0.1) is 0 Å². The molecule has 0 amide bonds. The maximum absolute atomic E-state index is 10.9. The number of likely N-dealkylation sites (tertiary alicyclic amines) is 1. The third kappa shape index (κ3) is 3.51. The molecular weight excluding hydrogens is 312 g/mol. The van der Waals surface area contributed by atoms with Gasteiger partial charge < -0.3 is 24.0 Å². The smallest absolute Gasteiger partial charge is 0.374 e. The molecule has 24 heavy (non-hydrogen) atoms. The summed E-state index contributed by atoms with van der Waals surface area (Å²) in [6.07, 6.45) is 2.05. The van der Waals surface area contributed by atoms with Crippen molar-refractivity contribution in [1.29, 1.82) is 0 Å². The summed E-state index contributed by atoms with van der Waals surface area (Å²) in [6, 6.07) is 6.78. The fourth-order valence-corrected chi connectivity index (χ4v) is 2.72. The highest BCUT2D eigenvalue weighted by molar-refractivity contribution is 5.85. The Morgan fingerprint density at radius 2 is 2.04 bits per heavy atom. The van der Waals surface area contributed by atoms with E-state index in [1.165, 1.54) is 6.07 Å². The number of hydrogen-bond donors (Lipinski definition) is 1. The average molecular weight is 332 g/mol. The number of piperidine rings is 1. The number of ether oxygens (including phenoxy) is 2. The van der Waals surface area contributed by atoms with Crippen LogP contribution in [0.4, 0.5) is 0 Å². The van der Waals surface area contributed by atoms with Crippen LogP contribution in [0.1, 0.15) is 23.4 Å². The second kappa shape index (κ2) is 6.92. The molecule has 3 rings (SSSR count). The predicted octanol–water partition coefficient (Wildman–Crippen LogP) is 2.52. The Morgan fingerprint density at radius 3 is 2.67 bits per heavy atom. The summed E-state index contributed by atoms with van der Waals surface area (Å²) in [7, 11) is 3.69. The van der Waals surface area contributed by atoms with Gasteiger partial charge in [-0.1, -0.05) is 5.16 Å². The number of carboxylic acid groups (broad SMARTS) is 1. The summed E-state index contributed by atoms with van der Waals surface area (Å²) in [5, 5.41) is 12.7.